The maximum absolute atomic E-state index is 12.3. The predicted octanol–water partition coefficient (Wildman–Crippen LogP) is 2.17. The topological polar surface area (TPSA) is 93.7 Å². The van der Waals surface area contributed by atoms with Gasteiger partial charge in [-0.2, -0.15) is 0 Å². The minimum atomic E-state index is -3.36. The van der Waals surface area contributed by atoms with E-state index < -0.39 is 10.0 Å². The van der Waals surface area contributed by atoms with E-state index in [-0.39, 0.29) is 24.5 Å². The van der Waals surface area contributed by atoms with Gasteiger partial charge < -0.3 is 14.8 Å². The highest BCUT2D eigenvalue weighted by atomic mass is 32.2. The molecule has 0 atom stereocenters. The molecule has 0 aromatic heterocycles. The van der Waals surface area contributed by atoms with E-state index in [0.717, 1.165) is 5.56 Å². The first-order chi connectivity index (χ1) is 12.8. The summed E-state index contributed by atoms with van der Waals surface area (Å²) in [5.74, 6) is 0.892. The summed E-state index contributed by atoms with van der Waals surface area (Å²) in [5, 5.41) is 2.83. The van der Waals surface area contributed by atoms with Crippen molar-refractivity contribution >= 4 is 15.9 Å². The fourth-order valence-corrected chi connectivity index (χ4v) is 4.13. The molecule has 1 aliphatic rings. The number of carbonyl (C=O) groups is 1. The van der Waals surface area contributed by atoms with Crippen LogP contribution in [0.2, 0.25) is 0 Å². The van der Waals surface area contributed by atoms with Crippen LogP contribution in [0.1, 0.15) is 35.3 Å². The summed E-state index contributed by atoms with van der Waals surface area (Å²) in [6, 6.07) is 12.0. The van der Waals surface area contributed by atoms with Crippen LogP contribution >= 0.6 is 0 Å². The number of fused-ring (bicyclic) bond motifs is 1. The minimum Gasteiger partial charge on any atom is -0.454 e. The highest BCUT2D eigenvalue weighted by Gasteiger charge is 2.16. The Kier molecular flexibility index (Phi) is 5.67. The third-order valence-corrected chi connectivity index (χ3v) is 5.43. The first-order valence-corrected chi connectivity index (χ1v) is 10.2. The molecule has 7 nitrogen and oxygen atoms in total. The van der Waals surface area contributed by atoms with E-state index in [2.05, 4.69) is 10.0 Å². The summed E-state index contributed by atoms with van der Waals surface area (Å²) >= 11 is 0. The van der Waals surface area contributed by atoms with Crippen LogP contribution in [0.3, 0.4) is 0 Å². The molecule has 3 rings (SSSR count). The average Bonchev–Trinajstić information content (AvgIpc) is 3.07. The molecule has 0 saturated carbocycles. The molecule has 0 aliphatic carbocycles. The largest absolute Gasteiger partial charge is 0.454 e. The Balaban J connectivity index is 1.56. The van der Waals surface area contributed by atoms with Gasteiger partial charge in [0.2, 0.25) is 16.8 Å². The number of hydrogen-bond donors (Lipinski definition) is 2. The summed E-state index contributed by atoms with van der Waals surface area (Å²) in [6.07, 6.45) is 0. The highest BCUT2D eigenvalue weighted by Crippen LogP contribution is 2.32. The van der Waals surface area contributed by atoms with Gasteiger partial charge in [0.25, 0.3) is 5.91 Å². The van der Waals surface area contributed by atoms with Gasteiger partial charge in [-0.15, -0.1) is 0 Å². The first-order valence-electron chi connectivity index (χ1n) is 8.58. The van der Waals surface area contributed by atoms with Crippen LogP contribution < -0.4 is 19.5 Å². The number of sulfonamides is 1. The molecule has 0 saturated heterocycles. The van der Waals surface area contributed by atoms with Crippen LogP contribution in [0.25, 0.3) is 0 Å². The standard InChI is InChI=1S/C19H22N2O5S/c1-13(2)21-27(23,24)11-15-5-3-14(4-6-15)10-20-19(22)16-7-8-17-18(9-16)26-12-25-17/h3-9,13,21H,10-12H2,1-2H3,(H,20,22). The average molecular weight is 390 g/mol. The summed E-state index contributed by atoms with van der Waals surface area (Å²) in [4.78, 5) is 12.3. The van der Waals surface area contributed by atoms with Crippen LogP contribution in [-0.4, -0.2) is 27.2 Å². The van der Waals surface area contributed by atoms with Crippen molar-refractivity contribution in [3.05, 3.63) is 59.2 Å². The Morgan fingerprint density at radius 2 is 1.70 bits per heavy atom. The van der Waals surface area contributed by atoms with Crippen molar-refractivity contribution in [2.45, 2.75) is 32.2 Å². The Labute approximate surface area is 158 Å². The number of carbonyl (C=O) groups excluding carboxylic acids is 1. The summed E-state index contributed by atoms with van der Waals surface area (Å²) in [7, 11) is -3.36. The van der Waals surface area contributed by atoms with E-state index in [4.69, 9.17) is 9.47 Å². The van der Waals surface area contributed by atoms with Gasteiger partial charge in [0.15, 0.2) is 11.5 Å². The first kappa shape index (κ1) is 19.2. The minimum absolute atomic E-state index is 0.0744. The lowest BCUT2D eigenvalue weighted by Crippen LogP contribution is -2.31. The zero-order chi connectivity index (χ0) is 19.4. The summed E-state index contributed by atoms with van der Waals surface area (Å²) in [5.41, 5.74) is 2.05. The molecule has 0 spiro atoms. The molecule has 144 valence electrons. The monoisotopic (exact) mass is 390 g/mol. The molecule has 8 heteroatoms. The van der Waals surface area contributed by atoms with E-state index in [1.54, 1.807) is 56.3 Å². The van der Waals surface area contributed by atoms with Crippen molar-refractivity contribution < 1.29 is 22.7 Å². The Morgan fingerprint density at radius 1 is 1.04 bits per heavy atom. The molecule has 0 unspecified atom stereocenters. The van der Waals surface area contributed by atoms with E-state index in [0.29, 0.717) is 29.2 Å². The van der Waals surface area contributed by atoms with E-state index in [1.807, 2.05) is 0 Å². The number of hydrogen-bond acceptors (Lipinski definition) is 5. The summed E-state index contributed by atoms with van der Waals surface area (Å²) < 4.78 is 37.0. The molecule has 0 radical (unpaired) electrons. The molecular weight excluding hydrogens is 368 g/mol. The van der Waals surface area contributed by atoms with Crippen molar-refractivity contribution in [3.63, 3.8) is 0 Å². The zero-order valence-corrected chi connectivity index (χ0v) is 16.0. The molecular formula is C19H22N2O5S. The SMILES string of the molecule is CC(C)NS(=O)(=O)Cc1ccc(CNC(=O)c2ccc3c(c2)OCO3)cc1. The van der Waals surface area contributed by atoms with Crippen molar-refractivity contribution in [2.24, 2.45) is 0 Å². The lowest BCUT2D eigenvalue weighted by Gasteiger charge is -2.10. The van der Waals surface area contributed by atoms with Gasteiger partial charge in [-0.05, 0) is 43.2 Å². The molecule has 0 fully saturated rings. The number of nitrogens with one attached hydrogen (secondary N) is 2. The van der Waals surface area contributed by atoms with E-state index in [9.17, 15) is 13.2 Å². The van der Waals surface area contributed by atoms with Gasteiger partial charge in [-0.3, -0.25) is 4.79 Å². The maximum Gasteiger partial charge on any atom is 0.251 e. The molecule has 2 aromatic carbocycles. The van der Waals surface area contributed by atoms with Gasteiger partial charge in [-0.1, -0.05) is 24.3 Å². The highest BCUT2D eigenvalue weighted by molar-refractivity contribution is 7.88. The number of benzene rings is 2. The third-order valence-electron chi connectivity index (χ3n) is 3.88. The van der Waals surface area contributed by atoms with Gasteiger partial charge in [0.05, 0.1) is 5.75 Å². The summed E-state index contributed by atoms with van der Waals surface area (Å²) in [6.45, 7) is 4.06. The second-order valence-electron chi connectivity index (χ2n) is 6.60. The molecule has 2 N–H and O–H groups in total. The second kappa shape index (κ2) is 7.98. The number of rotatable bonds is 7. The molecule has 1 amide bonds. The lowest BCUT2D eigenvalue weighted by atomic mass is 10.1. The molecule has 1 heterocycles. The fraction of sp³-hybridized carbons (Fsp3) is 0.316. The van der Waals surface area contributed by atoms with E-state index in [1.165, 1.54) is 0 Å². The smallest absolute Gasteiger partial charge is 0.251 e. The normalized spacial score (nSPS) is 13.0. The van der Waals surface area contributed by atoms with Gasteiger partial charge in [0, 0.05) is 18.2 Å². The molecule has 1 aliphatic heterocycles. The predicted molar refractivity (Wildman–Crippen MR) is 101 cm³/mol. The van der Waals surface area contributed by atoms with Crippen molar-refractivity contribution in [3.8, 4) is 11.5 Å². The Hall–Kier alpha value is -2.58. The van der Waals surface area contributed by atoms with Crippen LogP contribution in [0.5, 0.6) is 11.5 Å². The van der Waals surface area contributed by atoms with Crippen molar-refractivity contribution in [2.75, 3.05) is 6.79 Å². The molecule has 2 aromatic rings. The van der Waals surface area contributed by atoms with Crippen molar-refractivity contribution in [1.29, 1.82) is 0 Å². The lowest BCUT2D eigenvalue weighted by molar-refractivity contribution is 0.0950. The maximum atomic E-state index is 12.3. The quantitative estimate of drug-likeness (QED) is 0.756. The molecule has 27 heavy (non-hydrogen) atoms. The fourth-order valence-electron chi connectivity index (χ4n) is 2.70. The van der Waals surface area contributed by atoms with Crippen LogP contribution in [0, 0.1) is 0 Å². The zero-order valence-electron chi connectivity index (χ0n) is 15.2. The van der Waals surface area contributed by atoms with Gasteiger partial charge in [0.1, 0.15) is 0 Å². The number of amides is 1. The van der Waals surface area contributed by atoms with Crippen LogP contribution in [0.15, 0.2) is 42.5 Å². The van der Waals surface area contributed by atoms with Gasteiger partial charge in [-0.25, -0.2) is 13.1 Å². The Morgan fingerprint density at radius 3 is 2.41 bits per heavy atom. The number of ether oxygens (including phenoxy) is 2. The van der Waals surface area contributed by atoms with E-state index >= 15 is 0 Å². The molecule has 0 bridgehead atoms. The van der Waals surface area contributed by atoms with Crippen molar-refractivity contribution in [1.82, 2.24) is 10.0 Å². The van der Waals surface area contributed by atoms with Crippen LogP contribution in [-0.2, 0) is 22.3 Å². The second-order valence-corrected chi connectivity index (χ2v) is 8.35. The van der Waals surface area contributed by atoms with Crippen LogP contribution in [0.4, 0.5) is 0 Å². The Bertz CT molecular complexity index is 924. The third kappa shape index (κ3) is 5.21. The van der Waals surface area contributed by atoms with Gasteiger partial charge >= 0.3 is 0 Å².